The SMILES string of the molecule is O=C1Nc2ccccc2C1=Cc1ccc(O)c2ncccc12. The van der Waals surface area contributed by atoms with Crippen LogP contribution < -0.4 is 5.32 Å². The molecule has 1 aliphatic rings. The fourth-order valence-corrected chi connectivity index (χ4v) is 2.74. The normalized spacial score (nSPS) is 15.1. The van der Waals surface area contributed by atoms with Gasteiger partial charge in [0.15, 0.2) is 0 Å². The first kappa shape index (κ1) is 12.6. The van der Waals surface area contributed by atoms with E-state index in [0.717, 1.165) is 22.2 Å². The quantitative estimate of drug-likeness (QED) is 0.674. The number of aromatic nitrogens is 1. The number of pyridine rings is 1. The zero-order valence-corrected chi connectivity index (χ0v) is 11.6. The van der Waals surface area contributed by atoms with Crippen molar-refractivity contribution in [3.63, 3.8) is 0 Å². The number of fused-ring (bicyclic) bond motifs is 2. The summed E-state index contributed by atoms with van der Waals surface area (Å²) >= 11 is 0. The Morgan fingerprint density at radius 1 is 1.05 bits per heavy atom. The van der Waals surface area contributed by atoms with Crippen LogP contribution in [0.1, 0.15) is 11.1 Å². The molecule has 0 saturated carbocycles. The number of carbonyl (C=O) groups is 1. The van der Waals surface area contributed by atoms with Gasteiger partial charge in [-0.2, -0.15) is 0 Å². The van der Waals surface area contributed by atoms with E-state index in [-0.39, 0.29) is 11.7 Å². The number of hydrogen-bond donors (Lipinski definition) is 2. The van der Waals surface area contributed by atoms with Crippen molar-refractivity contribution in [1.29, 1.82) is 0 Å². The minimum Gasteiger partial charge on any atom is -0.506 e. The second-order valence-corrected chi connectivity index (χ2v) is 5.13. The Morgan fingerprint density at radius 2 is 1.91 bits per heavy atom. The molecular weight excluding hydrogens is 276 g/mol. The van der Waals surface area contributed by atoms with Crippen LogP contribution in [-0.4, -0.2) is 16.0 Å². The molecule has 106 valence electrons. The van der Waals surface area contributed by atoms with Gasteiger partial charge in [0.05, 0.1) is 0 Å². The van der Waals surface area contributed by atoms with E-state index in [1.54, 1.807) is 18.3 Å². The summed E-state index contributed by atoms with van der Waals surface area (Å²) in [6.07, 6.45) is 3.47. The van der Waals surface area contributed by atoms with Gasteiger partial charge in [-0.3, -0.25) is 9.78 Å². The van der Waals surface area contributed by atoms with Crippen molar-refractivity contribution in [3.8, 4) is 5.75 Å². The molecule has 1 amide bonds. The third-order valence-electron chi connectivity index (χ3n) is 3.79. The van der Waals surface area contributed by atoms with E-state index < -0.39 is 0 Å². The van der Waals surface area contributed by atoms with Crippen LogP contribution in [-0.2, 0) is 4.79 Å². The molecule has 0 atom stereocenters. The fourth-order valence-electron chi connectivity index (χ4n) is 2.74. The number of aromatic hydroxyl groups is 1. The lowest BCUT2D eigenvalue weighted by Gasteiger charge is -2.05. The Kier molecular flexibility index (Phi) is 2.69. The number of nitrogens with one attached hydrogen (secondary N) is 1. The molecule has 1 aromatic heterocycles. The average Bonchev–Trinajstić information content (AvgIpc) is 2.86. The lowest BCUT2D eigenvalue weighted by atomic mass is 10.0. The Balaban J connectivity index is 1.94. The highest BCUT2D eigenvalue weighted by atomic mass is 16.3. The van der Waals surface area contributed by atoms with Gasteiger partial charge in [0.25, 0.3) is 5.91 Å². The van der Waals surface area contributed by atoms with Gasteiger partial charge in [-0.05, 0) is 29.8 Å². The molecule has 2 N–H and O–H groups in total. The monoisotopic (exact) mass is 288 g/mol. The number of para-hydroxylation sites is 1. The lowest BCUT2D eigenvalue weighted by molar-refractivity contribution is -0.110. The van der Waals surface area contributed by atoms with Crippen molar-refractivity contribution < 1.29 is 9.90 Å². The number of hydrogen-bond acceptors (Lipinski definition) is 3. The van der Waals surface area contributed by atoms with Gasteiger partial charge in [0.1, 0.15) is 11.3 Å². The van der Waals surface area contributed by atoms with E-state index in [0.29, 0.717) is 11.1 Å². The Morgan fingerprint density at radius 3 is 2.82 bits per heavy atom. The molecule has 2 aromatic carbocycles. The van der Waals surface area contributed by atoms with E-state index in [1.165, 1.54) is 0 Å². The smallest absolute Gasteiger partial charge is 0.256 e. The van der Waals surface area contributed by atoms with Crippen molar-refractivity contribution in [1.82, 2.24) is 4.98 Å². The van der Waals surface area contributed by atoms with Crippen LogP contribution in [0.25, 0.3) is 22.6 Å². The van der Waals surface area contributed by atoms with Crippen LogP contribution >= 0.6 is 0 Å². The van der Waals surface area contributed by atoms with Gasteiger partial charge in [0, 0.05) is 28.4 Å². The van der Waals surface area contributed by atoms with Gasteiger partial charge in [-0.15, -0.1) is 0 Å². The first-order valence-corrected chi connectivity index (χ1v) is 6.93. The molecular formula is C18H12N2O2. The highest BCUT2D eigenvalue weighted by molar-refractivity contribution is 6.35. The molecule has 0 bridgehead atoms. The average molecular weight is 288 g/mol. The minimum absolute atomic E-state index is 0.119. The number of rotatable bonds is 1. The number of phenols is 1. The summed E-state index contributed by atoms with van der Waals surface area (Å²) in [6.45, 7) is 0. The highest BCUT2D eigenvalue weighted by Gasteiger charge is 2.23. The first-order chi connectivity index (χ1) is 10.7. The summed E-state index contributed by atoms with van der Waals surface area (Å²) in [4.78, 5) is 16.4. The number of nitrogens with zero attached hydrogens (tertiary/aromatic N) is 1. The lowest BCUT2D eigenvalue weighted by Crippen LogP contribution is -2.03. The molecule has 0 saturated heterocycles. The van der Waals surface area contributed by atoms with E-state index >= 15 is 0 Å². The Hall–Kier alpha value is -3.14. The highest BCUT2D eigenvalue weighted by Crippen LogP contribution is 2.34. The molecule has 1 aliphatic heterocycles. The summed E-state index contributed by atoms with van der Waals surface area (Å²) in [5.41, 5.74) is 3.70. The summed E-state index contributed by atoms with van der Waals surface area (Å²) in [5.74, 6) is 0.0142. The van der Waals surface area contributed by atoms with Crippen LogP contribution in [0.5, 0.6) is 5.75 Å². The van der Waals surface area contributed by atoms with Crippen molar-refractivity contribution >= 4 is 34.1 Å². The van der Waals surface area contributed by atoms with Crippen LogP contribution in [0.2, 0.25) is 0 Å². The predicted octanol–water partition coefficient (Wildman–Crippen LogP) is 3.43. The maximum atomic E-state index is 12.2. The molecule has 0 aliphatic carbocycles. The number of amides is 1. The molecule has 2 heterocycles. The Bertz CT molecular complexity index is 945. The molecule has 4 heteroatoms. The summed E-state index contributed by atoms with van der Waals surface area (Å²) in [6, 6.07) is 14.7. The van der Waals surface area contributed by atoms with Gasteiger partial charge in [-0.25, -0.2) is 0 Å². The standard InChI is InChI=1S/C18H12N2O2/c21-16-8-7-11(12-5-3-9-19-17(12)16)10-14-13-4-1-2-6-15(13)20-18(14)22/h1-10,21H,(H,20,22). The molecule has 0 unspecified atom stereocenters. The van der Waals surface area contributed by atoms with Crippen LogP contribution in [0.15, 0.2) is 54.7 Å². The van der Waals surface area contributed by atoms with Crippen molar-refractivity contribution in [2.45, 2.75) is 0 Å². The van der Waals surface area contributed by atoms with Crippen molar-refractivity contribution in [2.24, 2.45) is 0 Å². The molecule has 0 fully saturated rings. The largest absolute Gasteiger partial charge is 0.506 e. The van der Waals surface area contributed by atoms with Crippen LogP contribution in [0, 0.1) is 0 Å². The maximum absolute atomic E-state index is 12.2. The number of carbonyl (C=O) groups excluding carboxylic acids is 1. The molecule has 22 heavy (non-hydrogen) atoms. The molecule has 0 radical (unpaired) electrons. The third kappa shape index (κ3) is 1.85. The van der Waals surface area contributed by atoms with E-state index in [4.69, 9.17) is 0 Å². The second kappa shape index (κ2) is 4.70. The van der Waals surface area contributed by atoms with E-state index in [1.807, 2.05) is 42.5 Å². The van der Waals surface area contributed by atoms with Crippen molar-refractivity contribution in [2.75, 3.05) is 5.32 Å². The van der Waals surface area contributed by atoms with Gasteiger partial charge < -0.3 is 10.4 Å². The zero-order valence-electron chi connectivity index (χ0n) is 11.6. The minimum atomic E-state index is -0.119. The van der Waals surface area contributed by atoms with Gasteiger partial charge in [-0.1, -0.05) is 30.3 Å². The Labute approximate surface area is 126 Å². The number of phenolic OH excluding ortho intramolecular Hbond substituents is 1. The third-order valence-corrected chi connectivity index (χ3v) is 3.79. The molecule has 0 spiro atoms. The summed E-state index contributed by atoms with van der Waals surface area (Å²) in [7, 11) is 0. The van der Waals surface area contributed by atoms with Gasteiger partial charge in [0.2, 0.25) is 0 Å². The fraction of sp³-hybridized carbons (Fsp3) is 0. The van der Waals surface area contributed by atoms with Crippen molar-refractivity contribution in [3.05, 3.63) is 65.9 Å². The second-order valence-electron chi connectivity index (χ2n) is 5.13. The molecule has 4 nitrogen and oxygen atoms in total. The maximum Gasteiger partial charge on any atom is 0.256 e. The van der Waals surface area contributed by atoms with E-state index in [9.17, 15) is 9.90 Å². The van der Waals surface area contributed by atoms with Crippen LogP contribution in [0.4, 0.5) is 5.69 Å². The topological polar surface area (TPSA) is 62.2 Å². The first-order valence-electron chi connectivity index (χ1n) is 6.93. The predicted molar refractivity (Wildman–Crippen MR) is 86.4 cm³/mol. The molecule has 4 rings (SSSR count). The van der Waals surface area contributed by atoms with Crippen LogP contribution in [0.3, 0.4) is 0 Å². The van der Waals surface area contributed by atoms with E-state index in [2.05, 4.69) is 10.3 Å². The molecule has 3 aromatic rings. The zero-order chi connectivity index (χ0) is 15.1. The summed E-state index contributed by atoms with van der Waals surface area (Å²) in [5, 5.41) is 13.6. The number of anilines is 1. The summed E-state index contributed by atoms with van der Waals surface area (Å²) < 4.78 is 0. The number of benzene rings is 2. The van der Waals surface area contributed by atoms with Gasteiger partial charge >= 0.3 is 0 Å².